The normalized spacial score (nSPS) is 27.1. The molecule has 1 aromatic heterocycles. The Morgan fingerprint density at radius 2 is 1.78 bits per heavy atom. The average molecular weight is 444 g/mol. The van der Waals surface area contributed by atoms with Crippen LogP contribution < -0.4 is 10.2 Å². The van der Waals surface area contributed by atoms with Crippen LogP contribution in [0.4, 0.5) is 5.82 Å². The van der Waals surface area contributed by atoms with E-state index in [9.17, 15) is 4.79 Å². The van der Waals surface area contributed by atoms with Gasteiger partial charge in [0.1, 0.15) is 17.7 Å². The highest BCUT2D eigenvalue weighted by atomic mass is 16.5. The predicted octanol–water partition coefficient (Wildman–Crippen LogP) is 3.44. The number of ether oxygens (including phenoxy) is 1. The molecule has 4 rings (SSSR count). The van der Waals surface area contributed by atoms with Crippen LogP contribution in [0, 0.1) is 5.92 Å². The third-order valence-corrected chi connectivity index (χ3v) is 7.24. The molecule has 1 aromatic rings. The highest BCUT2D eigenvalue weighted by molar-refractivity contribution is 5.73. The van der Waals surface area contributed by atoms with E-state index in [0.717, 1.165) is 75.3 Å². The lowest BCUT2D eigenvalue weighted by Crippen LogP contribution is -2.47. The molecular formula is C25H41N5O2. The fourth-order valence-electron chi connectivity index (χ4n) is 5.03. The molecule has 1 saturated carbocycles. The molecule has 32 heavy (non-hydrogen) atoms. The first-order chi connectivity index (χ1) is 15.3. The Balaban J connectivity index is 1.27. The second-order valence-corrected chi connectivity index (χ2v) is 10.9. The number of hydrogen-bond acceptors (Lipinski definition) is 6. The zero-order valence-electron chi connectivity index (χ0n) is 20.4. The molecule has 3 heterocycles. The molecule has 1 unspecified atom stereocenters. The van der Waals surface area contributed by atoms with E-state index in [2.05, 4.69) is 42.0 Å². The largest absolute Gasteiger partial charge is 0.372 e. The lowest BCUT2D eigenvalue weighted by molar-refractivity contribution is -0.119. The molecule has 0 radical (unpaired) electrons. The van der Waals surface area contributed by atoms with Crippen molar-refractivity contribution in [3.63, 3.8) is 0 Å². The number of carbonyl (C=O) groups is 1. The molecule has 1 amide bonds. The van der Waals surface area contributed by atoms with Crippen LogP contribution in [0.15, 0.2) is 6.07 Å². The van der Waals surface area contributed by atoms with E-state index in [-0.39, 0.29) is 17.4 Å². The third-order valence-electron chi connectivity index (χ3n) is 7.24. The second kappa shape index (κ2) is 10.0. The molecule has 1 N–H and O–H groups in total. The Labute approximate surface area is 193 Å². The number of nitrogens with zero attached hydrogens (tertiary/aromatic N) is 4. The lowest BCUT2D eigenvalue weighted by atomic mass is 9.84. The van der Waals surface area contributed by atoms with Crippen molar-refractivity contribution in [3.8, 4) is 0 Å². The summed E-state index contributed by atoms with van der Waals surface area (Å²) in [5.41, 5.74) is 0.971. The van der Waals surface area contributed by atoms with Gasteiger partial charge >= 0.3 is 0 Å². The van der Waals surface area contributed by atoms with E-state index in [1.165, 1.54) is 25.8 Å². The van der Waals surface area contributed by atoms with Crippen molar-refractivity contribution in [2.24, 2.45) is 5.92 Å². The van der Waals surface area contributed by atoms with Gasteiger partial charge in [-0.2, -0.15) is 0 Å². The Hall–Kier alpha value is -1.73. The van der Waals surface area contributed by atoms with E-state index >= 15 is 0 Å². The number of amides is 1. The zero-order chi connectivity index (χ0) is 22.7. The second-order valence-electron chi connectivity index (χ2n) is 10.9. The molecule has 0 aromatic carbocycles. The van der Waals surface area contributed by atoms with Crippen LogP contribution in [0.2, 0.25) is 0 Å². The van der Waals surface area contributed by atoms with Crippen LogP contribution in [0.25, 0.3) is 0 Å². The first kappa shape index (κ1) is 23.4. The summed E-state index contributed by atoms with van der Waals surface area (Å²) >= 11 is 0. The summed E-state index contributed by atoms with van der Waals surface area (Å²) in [6.07, 6.45) is 7.22. The van der Waals surface area contributed by atoms with Gasteiger partial charge in [-0.1, -0.05) is 20.8 Å². The topological polar surface area (TPSA) is 70.6 Å². The smallest absolute Gasteiger partial charge is 0.217 e. The van der Waals surface area contributed by atoms with Crippen LogP contribution in [0.3, 0.4) is 0 Å². The Morgan fingerprint density at radius 1 is 1.09 bits per heavy atom. The van der Waals surface area contributed by atoms with Crippen LogP contribution in [0.5, 0.6) is 0 Å². The van der Waals surface area contributed by atoms with Gasteiger partial charge in [0.2, 0.25) is 5.91 Å². The summed E-state index contributed by atoms with van der Waals surface area (Å²) < 4.78 is 5.72. The molecule has 7 nitrogen and oxygen atoms in total. The highest BCUT2D eigenvalue weighted by Gasteiger charge is 2.28. The van der Waals surface area contributed by atoms with Gasteiger partial charge in [-0.15, -0.1) is 0 Å². The maximum atomic E-state index is 11.3. The molecule has 0 spiro atoms. The van der Waals surface area contributed by atoms with Crippen LogP contribution in [-0.2, 0) is 14.9 Å². The third kappa shape index (κ3) is 5.98. The first-order valence-corrected chi connectivity index (χ1v) is 12.5. The van der Waals surface area contributed by atoms with Crippen molar-refractivity contribution < 1.29 is 9.53 Å². The quantitative estimate of drug-likeness (QED) is 0.726. The van der Waals surface area contributed by atoms with Gasteiger partial charge in [0.25, 0.3) is 0 Å². The summed E-state index contributed by atoms with van der Waals surface area (Å²) in [5, 5.41) is 3.09. The van der Waals surface area contributed by atoms with Gasteiger partial charge in [-0.3, -0.25) is 9.69 Å². The van der Waals surface area contributed by atoms with E-state index in [0.29, 0.717) is 6.04 Å². The van der Waals surface area contributed by atoms with Gasteiger partial charge in [0, 0.05) is 57.0 Å². The SMILES string of the molecule is CC(=O)NC1CCC(CCN2CCN(c3cc(C4CCO4)nc(C(C)(C)C)n3)CC2)CC1. The van der Waals surface area contributed by atoms with Crippen molar-refractivity contribution in [3.05, 3.63) is 17.6 Å². The summed E-state index contributed by atoms with van der Waals surface area (Å²) in [4.78, 5) is 26.1. The summed E-state index contributed by atoms with van der Waals surface area (Å²) in [6, 6.07) is 2.55. The number of aromatic nitrogens is 2. The minimum absolute atomic E-state index is 0.0741. The fraction of sp³-hybridized carbons (Fsp3) is 0.800. The number of rotatable bonds is 6. The van der Waals surface area contributed by atoms with Crippen molar-refractivity contribution in [1.29, 1.82) is 0 Å². The van der Waals surface area contributed by atoms with Crippen LogP contribution >= 0.6 is 0 Å². The van der Waals surface area contributed by atoms with Crippen molar-refractivity contribution in [1.82, 2.24) is 20.2 Å². The number of carbonyl (C=O) groups excluding carboxylic acids is 1. The van der Waals surface area contributed by atoms with Gasteiger partial charge in [0.15, 0.2) is 0 Å². The van der Waals surface area contributed by atoms with E-state index < -0.39 is 0 Å². The van der Waals surface area contributed by atoms with Gasteiger partial charge in [-0.05, 0) is 44.6 Å². The average Bonchev–Trinajstić information content (AvgIpc) is 2.71. The van der Waals surface area contributed by atoms with Crippen molar-refractivity contribution in [2.45, 2.75) is 83.8 Å². The van der Waals surface area contributed by atoms with Gasteiger partial charge in [-0.25, -0.2) is 9.97 Å². The van der Waals surface area contributed by atoms with Crippen molar-refractivity contribution in [2.75, 3.05) is 44.2 Å². The van der Waals surface area contributed by atoms with Crippen LogP contribution in [-0.4, -0.2) is 66.1 Å². The molecule has 3 aliphatic rings. The maximum Gasteiger partial charge on any atom is 0.217 e. The van der Waals surface area contributed by atoms with Crippen LogP contribution in [0.1, 0.15) is 83.8 Å². The molecule has 0 bridgehead atoms. The van der Waals surface area contributed by atoms with Gasteiger partial charge in [0.05, 0.1) is 12.3 Å². The van der Waals surface area contributed by atoms with E-state index in [1.54, 1.807) is 6.92 Å². The number of piperazine rings is 1. The molecule has 2 aliphatic heterocycles. The molecule has 178 valence electrons. The minimum Gasteiger partial charge on any atom is -0.372 e. The molecule has 1 aliphatic carbocycles. The molecule has 2 saturated heterocycles. The Kier molecular flexibility index (Phi) is 7.35. The molecule has 7 heteroatoms. The zero-order valence-corrected chi connectivity index (χ0v) is 20.4. The number of nitrogens with one attached hydrogen (secondary N) is 1. The summed E-state index contributed by atoms with van der Waals surface area (Å²) in [5.74, 6) is 2.89. The highest BCUT2D eigenvalue weighted by Crippen LogP contribution is 2.32. The molecule has 3 fully saturated rings. The standard InChI is InChI=1S/C25H41N5O2/c1-18(31)26-20-7-5-19(6-8-20)9-11-29-12-14-30(15-13-29)23-17-21(22-10-16-32-22)27-24(28-23)25(2,3)4/h17,19-20,22H,5-16H2,1-4H3,(H,26,31). The first-order valence-electron chi connectivity index (χ1n) is 12.5. The monoisotopic (exact) mass is 443 g/mol. The minimum atomic E-state index is -0.0741. The summed E-state index contributed by atoms with van der Waals surface area (Å²) in [7, 11) is 0. The Morgan fingerprint density at radius 3 is 2.34 bits per heavy atom. The number of hydrogen-bond donors (Lipinski definition) is 1. The van der Waals surface area contributed by atoms with E-state index in [1.807, 2.05) is 0 Å². The predicted molar refractivity (Wildman–Crippen MR) is 127 cm³/mol. The van der Waals surface area contributed by atoms with Gasteiger partial charge < -0.3 is 15.0 Å². The Bertz CT molecular complexity index is 773. The van der Waals surface area contributed by atoms with Crippen molar-refractivity contribution >= 4 is 11.7 Å². The number of anilines is 1. The fourth-order valence-corrected chi connectivity index (χ4v) is 5.03. The van der Waals surface area contributed by atoms with E-state index in [4.69, 9.17) is 14.7 Å². The maximum absolute atomic E-state index is 11.3. The molecule has 1 atom stereocenters. The summed E-state index contributed by atoms with van der Waals surface area (Å²) in [6.45, 7) is 14.4. The lowest BCUT2D eigenvalue weighted by Gasteiger charge is -2.37. The molecular weight excluding hydrogens is 402 g/mol.